The van der Waals surface area contributed by atoms with Crippen molar-refractivity contribution in [1.29, 1.82) is 0 Å². The second-order valence-corrected chi connectivity index (χ2v) is 4.09. The molecule has 2 rings (SSSR count). The van der Waals surface area contributed by atoms with Gasteiger partial charge in [0, 0.05) is 6.20 Å². The number of allylic oxidation sites excluding steroid dienone is 3. The molecule has 0 bridgehead atoms. The normalized spacial score (nSPS) is 26.4. The van der Waals surface area contributed by atoms with Crippen molar-refractivity contribution in [2.75, 3.05) is 0 Å². The molecule has 0 saturated carbocycles. The van der Waals surface area contributed by atoms with Gasteiger partial charge in [-0.2, -0.15) is 13.2 Å². The van der Waals surface area contributed by atoms with E-state index in [9.17, 15) is 18.0 Å². The number of aromatic nitrogens is 2. The van der Waals surface area contributed by atoms with Gasteiger partial charge >= 0.3 is 6.18 Å². The Hall–Kier alpha value is -2.18. The summed E-state index contributed by atoms with van der Waals surface area (Å²) in [5.74, 6) is -2.59. The molecule has 0 saturated heterocycles. The lowest BCUT2D eigenvalue weighted by atomic mass is 9.69. The SMILES string of the molecule is NC(=O)C1C=CC=CC1(c1ccncn1)C(F)(F)F. The average molecular weight is 269 g/mol. The van der Waals surface area contributed by atoms with Crippen LogP contribution in [0.4, 0.5) is 13.2 Å². The molecule has 100 valence electrons. The lowest BCUT2D eigenvalue weighted by Crippen LogP contribution is -2.52. The summed E-state index contributed by atoms with van der Waals surface area (Å²) in [6.07, 6.45) is 2.13. The van der Waals surface area contributed by atoms with Gasteiger partial charge in [0.05, 0.1) is 11.6 Å². The van der Waals surface area contributed by atoms with Crippen LogP contribution in [0.25, 0.3) is 0 Å². The van der Waals surface area contributed by atoms with E-state index < -0.39 is 23.4 Å². The highest BCUT2D eigenvalue weighted by Crippen LogP contribution is 2.48. The number of halogens is 3. The standard InChI is InChI=1S/C12H10F3N3O/c13-12(14,15)11(9-4-6-17-7-18-9)5-2-1-3-8(11)10(16)19/h1-8H,(H2,16,19). The lowest BCUT2D eigenvalue weighted by Gasteiger charge is -2.37. The molecule has 2 N–H and O–H groups in total. The molecule has 19 heavy (non-hydrogen) atoms. The van der Waals surface area contributed by atoms with Crippen LogP contribution in [-0.4, -0.2) is 22.1 Å². The van der Waals surface area contributed by atoms with E-state index in [1.54, 1.807) is 0 Å². The summed E-state index contributed by atoms with van der Waals surface area (Å²) >= 11 is 0. The molecule has 2 unspecified atom stereocenters. The van der Waals surface area contributed by atoms with Crippen molar-refractivity contribution in [2.24, 2.45) is 11.7 Å². The van der Waals surface area contributed by atoms with Crippen molar-refractivity contribution >= 4 is 5.91 Å². The quantitative estimate of drug-likeness (QED) is 0.884. The van der Waals surface area contributed by atoms with E-state index in [0.29, 0.717) is 0 Å². The molecule has 1 aliphatic carbocycles. The van der Waals surface area contributed by atoms with Crippen LogP contribution in [0.5, 0.6) is 0 Å². The van der Waals surface area contributed by atoms with Gasteiger partial charge < -0.3 is 5.73 Å². The van der Waals surface area contributed by atoms with Gasteiger partial charge in [0.1, 0.15) is 11.7 Å². The van der Waals surface area contributed by atoms with Crippen LogP contribution in [0.15, 0.2) is 42.9 Å². The van der Waals surface area contributed by atoms with Crippen LogP contribution in [-0.2, 0) is 10.2 Å². The van der Waals surface area contributed by atoms with E-state index in [1.165, 1.54) is 18.3 Å². The molecule has 1 aromatic rings. The van der Waals surface area contributed by atoms with E-state index in [4.69, 9.17) is 5.73 Å². The maximum atomic E-state index is 13.5. The molecule has 0 fully saturated rings. The molecule has 1 aliphatic rings. The maximum Gasteiger partial charge on any atom is 0.404 e. The minimum Gasteiger partial charge on any atom is -0.369 e. The van der Waals surface area contributed by atoms with Crippen LogP contribution in [0, 0.1) is 5.92 Å². The van der Waals surface area contributed by atoms with Gasteiger partial charge in [-0.25, -0.2) is 9.97 Å². The zero-order valence-corrected chi connectivity index (χ0v) is 9.63. The molecule has 4 nitrogen and oxygen atoms in total. The van der Waals surface area contributed by atoms with Crippen molar-refractivity contribution in [1.82, 2.24) is 9.97 Å². The Kier molecular flexibility index (Phi) is 3.13. The first-order valence-electron chi connectivity index (χ1n) is 5.38. The number of amides is 1. The van der Waals surface area contributed by atoms with Gasteiger partial charge in [0.15, 0.2) is 0 Å². The van der Waals surface area contributed by atoms with Crippen LogP contribution >= 0.6 is 0 Å². The molecule has 1 amide bonds. The number of nitrogens with zero attached hydrogens (tertiary/aromatic N) is 2. The minimum atomic E-state index is -4.71. The van der Waals surface area contributed by atoms with Crippen molar-refractivity contribution in [2.45, 2.75) is 11.6 Å². The molecule has 0 aliphatic heterocycles. The second-order valence-electron chi connectivity index (χ2n) is 4.09. The highest BCUT2D eigenvalue weighted by molar-refractivity contribution is 5.82. The Labute approximate surface area is 106 Å². The summed E-state index contributed by atoms with van der Waals surface area (Å²) in [5, 5.41) is 0. The first-order valence-corrected chi connectivity index (χ1v) is 5.38. The van der Waals surface area contributed by atoms with E-state index in [1.807, 2.05) is 0 Å². The highest BCUT2D eigenvalue weighted by atomic mass is 19.4. The Morgan fingerprint density at radius 1 is 1.37 bits per heavy atom. The summed E-state index contributed by atoms with van der Waals surface area (Å²) in [6, 6.07) is 1.13. The predicted octanol–water partition coefficient (Wildman–Crippen LogP) is 1.50. The van der Waals surface area contributed by atoms with E-state index in [2.05, 4.69) is 9.97 Å². The number of hydrogen-bond acceptors (Lipinski definition) is 3. The van der Waals surface area contributed by atoms with E-state index >= 15 is 0 Å². The van der Waals surface area contributed by atoms with Gasteiger partial charge in [-0.15, -0.1) is 0 Å². The van der Waals surface area contributed by atoms with Crippen LogP contribution in [0.1, 0.15) is 5.69 Å². The first-order chi connectivity index (χ1) is 8.89. The molecule has 0 spiro atoms. The molecule has 2 atom stereocenters. The maximum absolute atomic E-state index is 13.5. The van der Waals surface area contributed by atoms with Crippen LogP contribution in [0.2, 0.25) is 0 Å². The summed E-state index contributed by atoms with van der Waals surface area (Å²) in [7, 11) is 0. The third kappa shape index (κ3) is 2.00. The third-order valence-corrected chi connectivity index (χ3v) is 3.05. The fourth-order valence-electron chi connectivity index (χ4n) is 2.15. The van der Waals surface area contributed by atoms with Crippen molar-refractivity contribution in [3.05, 3.63) is 48.6 Å². The number of carbonyl (C=O) groups is 1. The van der Waals surface area contributed by atoms with Gasteiger partial charge in [0.2, 0.25) is 5.91 Å². The van der Waals surface area contributed by atoms with Gasteiger partial charge in [0.25, 0.3) is 0 Å². The van der Waals surface area contributed by atoms with Crippen molar-refractivity contribution in [3.8, 4) is 0 Å². The fourth-order valence-corrected chi connectivity index (χ4v) is 2.15. The molecule has 0 aromatic carbocycles. The molecule has 7 heteroatoms. The van der Waals surface area contributed by atoms with Crippen molar-refractivity contribution in [3.63, 3.8) is 0 Å². The lowest BCUT2D eigenvalue weighted by molar-refractivity contribution is -0.189. The average Bonchev–Trinajstić information content (AvgIpc) is 2.38. The number of primary amides is 1. The zero-order valence-electron chi connectivity index (χ0n) is 9.63. The first kappa shape index (κ1) is 13.3. The Bertz CT molecular complexity index is 539. The molecular formula is C12H10F3N3O. The number of hydrogen-bond donors (Lipinski definition) is 1. The van der Waals surface area contributed by atoms with Gasteiger partial charge in [-0.1, -0.05) is 24.3 Å². The predicted molar refractivity (Wildman–Crippen MR) is 60.7 cm³/mol. The Balaban J connectivity index is 2.68. The minimum absolute atomic E-state index is 0.306. The highest BCUT2D eigenvalue weighted by Gasteiger charge is 2.61. The van der Waals surface area contributed by atoms with E-state index in [-0.39, 0.29) is 5.69 Å². The van der Waals surface area contributed by atoms with Gasteiger partial charge in [-0.05, 0) is 6.07 Å². The number of nitrogens with two attached hydrogens (primary N) is 1. The smallest absolute Gasteiger partial charge is 0.369 e. The Morgan fingerprint density at radius 3 is 2.63 bits per heavy atom. The van der Waals surface area contributed by atoms with Gasteiger partial charge in [-0.3, -0.25) is 4.79 Å². The summed E-state index contributed by atoms with van der Waals surface area (Å²) in [4.78, 5) is 18.6. The zero-order chi connectivity index (χ0) is 14.1. The van der Waals surface area contributed by atoms with Crippen molar-refractivity contribution < 1.29 is 18.0 Å². The Morgan fingerprint density at radius 2 is 2.11 bits per heavy atom. The summed E-state index contributed by atoms with van der Waals surface area (Å²) < 4.78 is 40.6. The number of alkyl halides is 3. The molecular weight excluding hydrogens is 259 g/mol. The molecule has 1 aromatic heterocycles. The number of rotatable bonds is 2. The topological polar surface area (TPSA) is 68.9 Å². The molecule has 0 radical (unpaired) electrons. The molecule has 1 heterocycles. The largest absolute Gasteiger partial charge is 0.404 e. The van der Waals surface area contributed by atoms with E-state index in [0.717, 1.165) is 24.5 Å². The summed E-state index contributed by atoms with van der Waals surface area (Å²) in [6.45, 7) is 0. The third-order valence-electron chi connectivity index (χ3n) is 3.05. The number of carbonyl (C=O) groups excluding carboxylic acids is 1. The monoisotopic (exact) mass is 269 g/mol. The van der Waals surface area contributed by atoms with Crippen LogP contribution in [0.3, 0.4) is 0 Å². The van der Waals surface area contributed by atoms with Crippen LogP contribution < -0.4 is 5.73 Å². The summed E-state index contributed by atoms with van der Waals surface area (Å²) in [5.41, 5.74) is 2.26. The second kappa shape index (κ2) is 4.49. The fraction of sp³-hybridized carbons (Fsp3) is 0.250.